The average molecular weight is 443 g/mol. The minimum absolute atomic E-state index is 0.287. The minimum atomic E-state index is -0.517. The van der Waals surface area contributed by atoms with Crippen LogP contribution >= 0.6 is 15.9 Å². The Kier molecular flexibility index (Phi) is 6.05. The van der Waals surface area contributed by atoms with Crippen molar-refractivity contribution in [3.05, 3.63) is 73.4 Å². The Balaban J connectivity index is 1.95. The fraction of sp³-hybridized carbons (Fsp3) is 0.158. The Morgan fingerprint density at radius 3 is 2.79 bits per heavy atom. The van der Waals surface area contributed by atoms with Crippen LogP contribution in [-0.2, 0) is 13.6 Å². The molecule has 9 heteroatoms. The summed E-state index contributed by atoms with van der Waals surface area (Å²) in [6, 6.07) is 9.81. The van der Waals surface area contributed by atoms with Crippen molar-refractivity contribution >= 4 is 45.3 Å². The molecule has 144 valence electrons. The number of allylic oxidation sites excluding steroid dienone is 3. The second-order valence-electron chi connectivity index (χ2n) is 5.92. The van der Waals surface area contributed by atoms with Crippen LogP contribution < -0.4 is 16.7 Å². The molecule has 0 saturated carbocycles. The van der Waals surface area contributed by atoms with Crippen LogP contribution in [0, 0.1) is 0 Å². The smallest absolute Gasteiger partial charge is 0.299 e. The zero-order valence-corrected chi connectivity index (χ0v) is 17.0. The maximum Gasteiger partial charge on any atom is 0.329 e. The SMILES string of the molecule is C/C=C/Cn1c(N/N=C/C(Br)=C/c2ccccc2)nc2c1c(=O)[nH]c(=O)n2C. The summed E-state index contributed by atoms with van der Waals surface area (Å²) < 4.78 is 3.72. The molecule has 8 nitrogen and oxygen atoms in total. The number of aromatic nitrogens is 4. The number of halogens is 1. The highest BCUT2D eigenvalue weighted by atomic mass is 79.9. The van der Waals surface area contributed by atoms with Crippen LogP contribution in [0.3, 0.4) is 0 Å². The lowest BCUT2D eigenvalue weighted by Gasteiger charge is -2.04. The summed E-state index contributed by atoms with van der Waals surface area (Å²) in [7, 11) is 1.56. The third-order valence-corrected chi connectivity index (χ3v) is 4.42. The van der Waals surface area contributed by atoms with Crippen LogP contribution in [0.4, 0.5) is 5.95 Å². The molecule has 0 atom stereocenters. The van der Waals surface area contributed by atoms with Gasteiger partial charge in [-0.1, -0.05) is 42.5 Å². The molecule has 2 heterocycles. The molecule has 0 spiro atoms. The first-order valence-corrected chi connectivity index (χ1v) is 9.32. The fourth-order valence-electron chi connectivity index (χ4n) is 2.61. The van der Waals surface area contributed by atoms with Crippen LogP contribution in [0.1, 0.15) is 12.5 Å². The second kappa shape index (κ2) is 8.66. The Hall–Kier alpha value is -3.20. The number of H-pyrrole nitrogens is 1. The summed E-state index contributed by atoms with van der Waals surface area (Å²) >= 11 is 3.45. The van der Waals surface area contributed by atoms with Crippen LogP contribution in [0.15, 0.2) is 61.7 Å². The van der Waals surface area contributed by atoms with Crippen molar-refractivity contribution in [2.45, 2.75) is 13.5 Å². The van der Waals surface area contributed by atoms with Crippen LogP contribution in [-0.4, -0.2) is 25.3 Å². The van der Waals surface area contributed by atoms with E-state index >= 15 is 0 Å². The quantitative estimate of drug-likeness (QED) is 0.348. The summed E-state index contributed by atoms with van der Waals surface area (Å²) in [5.74, 6) is 0.357. The minimum Gasteiger partial charge on any atom is -0.299 e. The summed E-state index contributed by atoms with van der Waals surface area (Å²) in [6.45, 7) is 2.29. The highest BCUT2D eigenvalue weighted by Crippen LogP contribution is 2.16. The molecule has 0 bridgehead atoms. The van der Waals surface area contributed by atoms with E-state index in [2.05, 4.69) is 36.4 Å². The summed E-state index contributed by atoms with van der Waals surface area (Å²) in [5, 5.41) is 4.19. The van der Waals surface area contributed by atoms with E-state index in [-0.39, 0.29) is 5.65 Å². The van der Waals surface area contributed by atoms with Crippen molar-refractivity contribution in [2.75, 3.05) is 5.43 Å². The first-order chi connectivity index (χ1) is 13.5. The number of nitrogens with zero attached hydrogens (tertiary/aromatic N) is 4. The molecule has 0 unspecified atom stereocenters. The standard InChI is InChI=1S/C19H19BrN6O2/c1-3-4-10-26-15-16(25(2)19(28)23-17(15)27)22-18(26)24-21-12-14(20)11-13-8-6-5-7-9-13/h3-9,11-12H,10H2,1-2H3,(H,22,24)(H,23,27,28)/b4-3+,14-11-,21-12+. The second-order valence-corrected chi connectivity index (χ2v) is 6.83. The number of rotatable bonds is 6. The average Bonchev–Trinajstić information content (AvgIpc) is 3.04. The van der Waals surface area contributed by atoms with Crippen molar-refractivity contribution < 1.29 is 0 Å². The molecule has 3 aromatic rings. The number of aromatic amines is 1. The number of fused-ring (bicyclic) bond motifs is 1. The lowest BCUT2D eigenvalue weighted by Crippen LogP contribution is -2.29. The van der Waals surface area contributed by atoms with E-state index in [9.17, 15) is 9.59 Å². The Bertz CT molecular complexity index is 1180. The maximum absolute atomic E-state index is 12.3. The lowest BCUT2D eigenvalue weighted by atomic mass is 10.2. The number of hydrogen-bond donors (Lipinski definition) is 2. The van der Waals surface area contributed by atoms with E-state index in [1.54, 1.807) is 17.8 Å². The zero-order chi connectivity index (χ0) is 20.1. The first-order valence-electron chi connectivity index (χ1n) is 8.53. The molecule has 2 aromatic heterocycles. The van der Waals surface area contributed by atoms with Crippen LogP contribution in [0.5, 0.6) is 0 Å². The molecule has 1 aromatic carbocycles. The van der Waals surface area contributed by atoms with Gasteiger partial charge in [-0.15, -0.1) is 0 Å². The van der Waals surface area contributed by atoms with Gasteiger partial charge in [-0.2, -0.15) is 10.1 Å². The largest absolute Gasteiger partial charge is 0.329 e. The number of aryl methyl sites for hydroxylation is 1. The highest BCUT2D eigenvalue weighted by Gasteiger charge is 2.16. The van der Waals surface area contributed by atoms with E-state index in [0.717, 1.165) is 10.0 Å². The molecule has 3 rings (SSSR count). The number of hydrogen-bond acceptors (Lipinski definition) is 5. The molecule has 0 fully saturated rings. The predicted octanol–water partition coefficient (Wildman–Crippen LogP) is 2.83. The van der Waals surface area contributed by atoms with Gasteiger partial charge in [-0.05, 0) is 34.5 Å². The van der Waals surface area contributed by atoms with E-state index in [1.807, 2.05) is 55.5 Å². The van der Waals surface area contributed by atoms with Crippen LogP contribution in [0.2, 0.25) is 0 Å². The molecular weight excluding hydrogens is 424 g/mol. The van der Waals surface area contributed by atoms with Crippen molar-refractivity contribution in [3.8, 4) is 0 Å². The van der Waals surface area contributed by atoms with Crippen molar-refractivity contribution in [1.82, 2.24) is 19.1 Å². The van der Waals surface area contributed by atoms with Crippen molar-refractivity contribution in [1.29, 1.82) is 0 Å². The number of benzene rings is 1. The van der Waals surface area contributed by atoms with Gasteiger partial charge < -0.3 is 0 Å². The summed E-state index contributed by atoms with van der Waals surface area (Å²) in [4.78, 5) is 30.8. The molecule has 0 aliphatic rings. The topological polar surface area (TPSA) is 97.1 Å². The summed E-state index contributed by atoms with van der Waals surface area (Å²) in [6.07, 6.45) is 7.26. The van der Waals surface area contributed by atoms with Gasteiger partial charge in [0, 0.05) is 18.1 Å². The monoisotopic (exact) mass is 442 g/mol. The van der Waals surface area contributed by atoms with Gasteiger partial charge in [0.05, 0.1) is 6.21 Å². The summed E-state index contributed by atoms with van der Waals surface area (Å²) in [5.41, 5.74) is 3.46. The molecule has 0 aliphatic heterocycles. The third-order valence-electron chi connectivity index (χ3n) is 3.99. The van der Waals surface area contributed by atoms with Gasteiger partial charge >= 0.3 is 5.69 Å². The Morgan fingerprint density at radius 2 is 2.07 bits per heavy atom. The lowest BCUT2D eigenvalue weighted by molar-refractivity contribution is 0.818. The van der Waals surface area contributed by atoms with Crippen molar-refractivity contribution in [2.24, 2.45) is 12.1 Å². The molecule has 0 saturated heterocycles. The molecular formula is C19H19BrN6O2. The molecule has 0 aliphatic carbocycles. The van der Waals surface area contributed by atoms with E-state index in [1.165, 1.54) is 4.57 Å². The van der Waals surface area contributed by atoms with Gasteiger partial charge in [0.25, 0.3) is 5.56 Å². The maximum atomic E-state index is 12.3. The van der Waals surface area contributed by atoms with Crippen molar-refractivity contribution in [3.63, 3.8) is 0 Å². The molecule has 28 heavy (non-hydrogen) atoms. The van der Waals surface area contributed by atoms with E-state index in [0.29, 0.717) is 18.0 Å². The van der Waals surface area contributed by atoms with Gasteiger partial charge in [0.1, 0.15) is 0 Å². The van der Waals surface area contributed by atoms with Crippen LogP contribution in [0.25, 0.3) is 17.2 Å². The van der Waals surface area contributed by atoms with E-state index < -0.39 is 11.2 Å². The van der Waals surface area contributed by atoms with Gasteiger partial charge in [0.15, 0.2) is 11.2 Å². The molecule has 0 amide bonds. The number of nitrogens with one attached hydrogen (secondary N) is 2. The number of anilines is 1. The molecule has 2 N–H and O–H groups in total. The first kappa shape index (κ1) is 19.6. The van der Waals surface area contributed by atoms with Gasteiger partial charge in [-0.25, -0.2) is 10.2 Å². The zero-order valence-electron chi connectivity index (χ0n) is 15.4. The Labute approximate surface area is 169 Å². The normalized spacial score (nSPS) is 12.5. The molecule has 0 radical (unpaired) electrons. The number of hydrazone groups is 1. The fourth-order valence-corrected chi connectivity index (χ4v) is 2.97. The number of imidazole rings is 1. The predicted molar refractivity (Wildman–Crippen MR) is 116 cm³/mol. The van der Waals surface area contributed by atoms with E-state index in [4.69, 9.17) is 0 Å². The Morgan fingerprint density at radius 1 is 1.32 bits per heavy atom. The third kappa shape index (κ3) is 4.20. The highest BCUT2D eigenvalue weighted by molar-refractivity contribution is 9.12. The van der Waals surface area contributed by atoms with Gasteiger partial charge in [0.2, 0.25) is 5.95 Å². The van der Waals surface area contributed by atoms with Gasteiger partial charge in [-0.3, -0.25) is 18.9 Å².